The van der Waals surface area contributed by atoms with Crippen LogP contribution in [0, 0.1) is 0 Å². The number of rotatable bonds is 10. The molecule has 0 unspecified atom stereocenters. The lowest BCUT2D eigenvalue weighted by molar-refractivity contribution is -0.141. The van der Waals surface area contributed by atoms with Crippen LogP contribution >= 0.6 is 36.6 Å². The number of ketones is 1. The molecular weight excluding hydrogens is 342 g/mol. The van der Waals surface area contributed by atoms with Crippen molar-refractivity contribution < 1.29 is 19.5 Å². The Labute approximate surface area is 144 Å². The third-order valence-electron chi connectivity index (χ3n) is 3.05. The molecule has 1 atom stereocenters. The molecule has 0 spiro atoms. The topological polar surface area (TPSA) is 83.5 Å². The normalized spacial score (nSPS) is 11.9. The minimum Gasteiger partial charge on any atom is -0.480 e. The molecule has 0 radical (unpaired) electrons. The number of amides is 1. The van der Waals surface area contributed by atoms with E-state index in [0.717, 1.165) is 0 Å². The number of carbonyl (C=O) groups excluding carboxylic acids is 2. The molecule has 0 aliphatic heterocycles. The molecular formula is C14H19NO4S3. The molecule has 1 aromatic heterocycles. The van der Waals surface area contributed by atoms with Gasteiger partial charge in [0.25, 0.3) is 0 Å². The number of nitrogens with one attached hydrogen (secondary N) is 1. The van der Waals surface area contributed by atoms with Crippen LogP contribution in [-0.2, 0) is 9.59 Å². The van der Waals surface area contributed by atoms with Crippen LogP contribution in [0.2, 0.25) is 0 Å². The van der Waals surface area contributed by atoms with Crippen molar-refractivity contribution in [1.82, 2.24) is 5.32 Å². The second kappa shape index (κ2) is 9.91. The summed E-state index contributed by atoms with van der Waals surface area (Å²) in [5, 5.41) is 13.2. The highest BCUT2D eigenvalue weighted by molar-refractivity contribution is 7.83. The van der Waals surface area contributed by atoms with E-state index < -0.39 is 12.0 Å². The van der Waals surface area contributed by atoms with Gasteiger partial charge in [-0.1, -0.05) is 0 Å². The van der Waals surface area contributed by atoms with Gasteiger partial charge in [0.15, 0.2) is 5.78 Å². The highest BCUT2D eigenvalue weighted by Gasteiger charge is 2.18. The summed E-state index contributed by atoms with van der Waals surface area (Å²) in [6, 6.07) is 0.848. The van der Waals surface area contributed by atoms with Crippen molar-refractivity contribution in [1.29, 1.82) is 0 Å². The van der Waals surface area contributed by atoms with E-state index in [1.165, 1.54) is 11.3 Å². The maximum atomic E-state index is 11.9. The van der Waals surface area contributed by atoms with Gasteiger partial charge in [-0.25, -0.2) is 4.79 Å². The quantitative estimate of drug-likeness (QED) is 0.293. The Morgan fingerprint density at radius 3 is 2.50 bits per heavy atom. The number of carboxylic acid groups (broad SMARTS) is 1. The van der Waals surface area contributed by atoms with Crippen LogP contribution in [-0.4, -0.2) is 34.6 Å². The third-order valence-corrected chi connectivity index (χ3v) is 4.58. The second-order valence-corrected chi connectivity index (χ2v) is 6.85. The zero-order valence-corrected chi connectivity index (χ0v) is 14.6. The maximum absolute atomic E-state index is 11.9. The summed E-state index contributed by atoms with van der Waals surface area (Å²) in [4.78, 5) is 34.5. The molecule has 122 valence electrons. The molecule has 0 saturated heterocycles. The Balaban J connectivity index is 2.26. The van der Waals surface area contributed by atoms with Crippen molar-refractivity contribution >= 4 is 54.3 Å². The Morgan fingerprint density at radius 1 is 1.27 bits per heavy atom. The van der Waals surface area contributed by atoms with Crippen LogP contribution < -0.4 is 5.32 Å². The fraction of sp³-hybridized carbons (Fsp3) is 0.500. The van der Waals surface area contributed by atoms with Crippen LogP contribution in [0.4, 0.5) is 0 Å². The summed E-state index contributed by atoms with van der Waals surface area (Å²) < 4.78 is 0.707. The summed E-state index contributed by atoms with van der Waals surface area (Å²) in [6.07, 6.45) is 1.97. The average Bonchev–Trinajstić information content (AvgIpc) is 2.89. The molecule has 0 aliphatic carbocycles. The SMILES string of the molecule is O=C(CCCCC(=O)c1ccsc1S)N[C@@H](CCS)C(=O)O. The van der Waals surface area contributed by atoms with Crippen molar-refractivity contribution in [2.24, 2.45) is 0 Å². The summed E-state index contributed by atoms with van der Waals surface area (Å²) in [7, 11) is 0. The van der Waals surface area contributed by atoms with Crippen molar-refractivity contribution in [2.45, 2.75) is 42.4 Å². The van der Waals surface area contributed by atoms with Gasteiger partial charge in [-0.15, -0.1) is 24.0 Å². The van der Waals surface area contributed by atoms with Gasteiger partial charge >= 0.3 is 5.97 Å². The van der Waals surface area contributed by atoms with Gasteiger partial charge in [0.05, 0.1) is 4.21 Å². The molecule has 0 bridgehead atoms. The van der Waals surface area contributed by atoms with Crippen LogP contribution in [0.3, 0.4) is 0 Å². The van der Waals surface area contributed by atoms with Crippen molar-refractivity contribution in [3.63, 3.8) is 0 Å². The lowest BCUT2D eigenvalue weighted by Gasteiger charge is -2.13. The first kappa shape index (κ1) is 19.1. The molecule has 5 nitrogen and oxygen atoms in total. The third kappa shape index (κ3) is 6.41. The van der Waals surface area contributed by atoms with Crippen molar-refractivity contribution in [2.75, 3.05) is 5.75 Å². The molecule has 0 saturated carbocycles. The van der Waals surface area contributed by atoms with Crippen LogP contribution in [0.25, 0.3) is 0 Å². The van der Waals surface area contributed by atoms with Gasteiger partial charge in [-0.3, -0.25) is 9.59 Å². The molecule has 8 heteroatoms. The number of hydrogen-bond donors (Lipinski definition) is 4. The molecule has 1 amide bonds. The first-order chi connectivity index (χ1) is 10.5. The van der Waals surface area contributed by atoms with Gasteiger partial charge in [-0.05, 0) is 36.5 Å². The lowest BCUT2D eigenvalue weighted by Crippen LogP contribution is -2.40. The van der Waals surface area contributed by atoms with Crippen molar-refractivity contribution in [3.8, 4) is 0 Å². The van der Waals surface area contributed by atoms with E-state index in [4.69, 9.17) is 5.11 Å². The first-order valence-corrected chi connectivity index (χ1v) is 8.84. The number of carbonyl (C=O) groups is 3. The monoisotopic (exact) mass is 361 g/mol. The van der Waals surface area contributed by atoms with Gasteiger partial charge < -0.3 is 10.4 Å². The predicted molar refractivity (Wildman–Crippen MR) is 92.4 cm³/mol. The summed E-state index contributed by atoms with van der Waals surface area (Å²) >= 11 is 9.59. The first-order valence-electron chi connectivity index (χ1n) is 6.88. The zero-order chi connectivity index (χ0) is 16.5. The van der Waals surface area contributed by atoms with Crippen LogP contribution in [0.1, 0.15) is 42.5 Å². The number of carboxylic acids is 1. The summed E-state index contributed by atoms with van der Waals surface area (Å²) in [6.45, 7) is 0. The molecule has 0 aliphatic rings. The molecule has 1 rings (SSSR count). The number of aliphatic carboxylic acids is 1. The van der Waals surface area contributed by atoms with Crippen molar-refractivity contribution in [3.05, 3.63) is 17.0 Å². The molecule has 0 aromatic carbocycles. The number of thiol groups is 2. The predicted octanol–water partition coefficient (Wildman–Crippen LogP) is 2.67. The maximum Gasteiger partial charge on any atom is 0.326 e. The van der Waals surface area contributed by atoms with E-state index in [0.29, 0.717) is 34.8 Å². The molecule has 1 heterocycles. The second-order valence-electron chi connectivity index (χ2n) is 4.74. The standard InChI is InChI=1S/C14H19NO4S3/c16-11(9-6-8-22-14(9)21)3-1-2-4-12(17)15-10(5-7-20)13(18)19/h6,8,10,20-21H,1-5,7H2,(H,15,17)(H,18,19)/t10-/m0/s1. The molecule has 1 aromatic rings. The van der Waals surface area contributed by atoms with E-state index in [1.54, 1.807) is 6.07 Å². The van der Waals surface area contributed by atoms with Gasteiger partial charge in [0, 0.05) is 18.4 Å². The van der Waals surface area contributed by atoms with Gasteiger partial charge in [0.2, 0.25) is 5.91 Å². The average molecular weight is 362 g/mol. The van der Waals surface area contributed by atoms with Gasteiger partial charge in [0.1, 0.15) is 6.04 Å². The van der Waals surface area contributed by atoms with Gasteiger partial charge in [-0.2, -0.15) is 12.6 Å². The Bertz CT molecular complexity index is 530. The Kier molecular flexibility index (Phi) is 8.59. The number of thiophene rings is 1. The zero-order valence-electron chi connectivity index (χ0n) is 11.9. The minimum absolute atomic E-state index is 0.0187. The molecule has 22 heavy (non-hydrogen) atoms. The fourth-order valence-electron chi connectivity index (χ4n) is 1.87. The largest absolute Gasteiger partial charge is 0.480 e. The highest BCUT2D eigenvalue weighted by atomic mass is 32.2. The number of Topliss-reactive ketones (excluding diaryl/α,β-unsaturated/α-hetero) is 1. The van der Waals surface area contributed by atoms with E-state index in [9.17, 15) is 14.4 Å². The van der Waals surface area contributed by atoms with E-state index in [-0.39, 0.29) is 24.5 Å². The fourth-order valence-corrected chi connectivity index (χ4v) is 3.15. The minimum atomic E-state index is -1.06. The number of hydrogen-bond acceptors (Lipinski definition) is 6. The lowest BCUT2D eigenvalue weighted by atomic mass is 10.1. The molecule has 2 N–H and O–H groups in total. The summed E-state index contributed by atoms with van der Waals surface area (Å²) in [5.74, 6) is -0.966. The summed E-state index contributed by atoms with van der Waals surface area (Å²) in [5.41, 5.74) is 0.623. The van der Waals surface area contributed by atoms with Crippen LogP contribution in [0.5, 0.6) is 0 Å². The smallest absolute Gasteiger partial charge is 0.326 e. The van der Waals surface area contributed by atoms with E-state index in [1.807, 2.05) is 5.38 Å². The Morgan fingerprint density at radius 2 is 1.95 bits per heavy atom. The Hall–Kier alpha value is -0.990. The van der Waals surface area contributed by atoms with E-state index in [2.05, 4.69) is 30.6 Å². The number of unbranched alkanes of at least 4 members (excludes halogenated alkanes) is 1. The van der Waals surface area contributed by atoms with Crippen LogP contribution in [0.15, 0.2) is 15.7 Å². The highest BCUT2D eigenvalue weighted by Crippen LogP contribution is 2.22. The molecule has 0 fully saturated rings. The van der Waals surface area contributed by atoms with E-state index >= 15 is 0 Å².